The molecule has 0 radical (unpaired) electrons. The third-order valence-electron chi connectivity index (χ3n) is 9.39. The van der Waals surface area contributed by atoms with Gasteiger partial charge < -0.3 is 20.2 Å². The molecule has 248 valence electrons. The van der Waals surface area contributed by atoms with Crippen molar-refractivity contribution in [2.75, 3.05) is 25.0 Å². The number of piperidine rings is 1. The average molecular weight is 652 g/mol. The van der Waals surface area contributed by atoms with Gasteiger partial charge in [-0.05, 0) is 116 Å². The Kier molecular flexibility index (Phi) is 9.36. The molecule has 3 aromatic carbocycles. The molecule has 9 heteroatoms. The second kappa shape index (κ2) is 14.1. The van der Waals surface area contributed by atoms with Gasteiger partial charge in [0.15, 0.2) is 11.4 Å². The number of hydrogen-bond donors (Lipinski definition) is 3. The summed E-state index contributed by atoms with van der Waals surface area (Å²) in [5, 5.41) is 27.3. The third kappa shape index (κ3) is 6.90. The highest BCUT2D eigenvalue weighted by atomic mass is 16.3. The highest BCUT2D eigenvalue weighted by Gasteiger charge is 2.19. The number of hydrogen-bond acceptors (Lipinski definition) is 9. The minimum atomic E-state index is -0.402. The van der Waals surface area contributed by atoms with Crippen LogP contribution in [0.15, 0.2) is 77.5 Å². The number of aliphatic hydroxyl groups excluding tert-OH is 1. The zero-order valence-electron chi connectivity index (χ0n) is 28.3. The molecule has 1 aliphatic heterocycles. The van der Waals surface area contributed by atoms with E-state index in [0.717, 1.165) is 75.2 Å². The Bertz CT molecular complexity index is 2180. The van der Waals surface area contributed by atoms with Crippen molar-refractivity contribution in [3.05, 3.63) is 101 Å². The number of aromatic nitrogens is 3. The molecule has 1 fully saturated rings. The van der Waals surface area contributed by atoms with E-state index in [2.05, 4.69) is 70.8 Å². The van der Waals surface area contributed by atoms with Crippen LogP contribution in [0.1, 0.15) is 54.0 Å². The number of benzene rings is 3. The summed E-state index contributed by atoms with van der Waals surface area (Å²) >= 11 is 0. The summed E-state index contributed by atoms with van der Waals surface area (Å²) in [5.41, 5.74) is 10.8. The molecule has 3 N–H and O–H groups in total. The number of rotatable bonds is 10. The molecule has 0 saturated carbocycles. The Morgan fingerprint density at radius 2 is 1.71 bits per heavy atom. The van der Waals surface area contributed by atoms with Crippen LogP contribution in [0.2, 0.25) is 0 Å². The topological polar surface area (TPSA) is 123 Å². The van der Waals surface area contributed by atoms with Crippen molar-refractivity contribution in [3.8, 4) is 28.7 Å². The number of fused-ring (bicyclic) bond motifs is 2. The number of likely N-dealkylation sites (tertiary alicyclic amines) is 1. The molecule has 3 aromatic heterocycles. The van der Waals surface area contributed by atoms with Gasteiger partial charge in [-0.3, -0.25) is 9.88 Å². The molecule has 9 nitrogen and oxygen atoms in total. The van der Waals surface area contributed by atoms with Gasteiger partial charge in [-0.2, -0.15) is 5.26 Å². The van der Waals surface area contributed by atoms with Gasteiger partial charge in [0.2, 0.25) is 5.89 Å². The van der Waals surface area contributed by atoms with Gasteiger partial charge in [0.1, 0.15) is 17.1 Å². The van der Waals surface area contributed by atoms with Gasteiger partial charge in [-0.15, -0.1) is 0 Å². The van der Waals surface area contributed by atoms with E-state index in [1.54, 1.807) is 13.1 Å². The minimum Gasteiger partial charge on any atom is -0.435 e. The molecule has 49 heavy (non-hydrogen) atoms. The first kappa shape index (κ1) is 32.4. The summed E-state index contributed by atoms with van der Waals surface area (Å²) in [5.74, 6) is 1.20. The molecular weight excluding hydrogens is 610 g/mol. The number of aliphatic hydroxyl groups is 1. The highest BCUT2D eigenvalue weighted by Crippen LogP contribution is 2.37. The highest BCUT2D eigenvalue weighted by molar-refractivity contribution is 5.91. The Balaban J connectivity index is 1.18. The zero-order valence-corrected chi connectivity index (χ0v) is 28.3. The fourth-order valence-corrected chi connectivity index (χ4v) is 6.82. The zero-order chi connectivity index (χ0) is 33.9. The van der Waals surface area contributed by atoms with Crippen LogP contribution < -0.4 is 10.6 Å². The van der Waals surface area contributed by atoms with E-state index >= 15 is 0 Å². The fraction of sp³-hybridized carbons (Fsp3) is 0.300. The predicted molar refractivity (Wildman–Crippen MR) is 194 cm³/mol. The molecule has 1 aliphatic rings. The van der Waals surface area contributed by atoms with Crippen molar-refractivity contribution < 1.29 is 9.52 Å². The van der Waals surface area contributed by atoms with E-state index < -0.39 is 6.10 Å². The Morgan fingerprint density at radius 1 is 0.939 bits per heavy atom. The van der Waals surface area contributed by atoms with Gasteiger partial charge in [-0.25, -0.2) is 9.97 Å². The smallest absolute Gasteiger partial charge is 0.227 e. The van der Waals surface area contributed by atoms with Crippen LogP contribution in [0, 0.1) is 25.2 Å². The van der Waals surface area contributed by atoms with Crippen molar-refractivity contribution in [3.63, 3.8) is 0 Å². The fourth-order valence-electron chi connectivity index (χ4n) is 6.82. The molecule has 1 atom stereocenters. The monoisotopic (exact) mass is 651 g/mol. The normalized spacial score (nSPS) is 14.3. The number of oxazole rings is 1. The Hall–Kier alpha value is -5.14. The molecule has 1 saturated heterocycles. The standard InChI is InChI=1S/C40H41N7O2/c1-25(48)21-42-22-29-18-30-13-14-43-39(37(30)44-23-29)45-35-12-8-10-33(27(35)3)32-9-7-11-34(26(32)2)40-46-36-19-28(17-31(20-41)38(36)49-40)24-47-15-5-4-6-16-47/h7-14,17-19,23,25,42,48H,4-6,15-16,21-22,24H2,1-3H3,(H,43,45)/t25-/m1/s1. The largest absolute Gasteiger partial charge is 0.435 e. The number of nitrogens with one attached hydrogen (secondary N) is 2. The van der Waals surface area contributed by atoms with Crippen LogP contribution in [-0.2, 0) is 13.1 Å². The van der Waals surface area contributed by atoms with Crippen LogP contribution in [0.4, 0.5) is 11.5 Å². The molecule has 0 spiro atoms. The lowest BCUT2D eigenvalue weighted by atomic mass is 9.93. The summed E-state index contributed by atoms with van der Waals surface area (Å²) in [6, 6.07) is 22.8. The van der Waals surface area contributed by atoms with Gasteiger partial charge >= 0.3 is 0 Å². The van der Waals surface area contributed by atoms with Crippen LogP contribution in [-0.4, -0.2) is 50.7 Å². The summed E-state index contributed by atoms with van der Waals surface area (Å²) in [6.45, 7) is 10.1. The lowest BCUT2D eigenvalue weighted by molar-refractivity contribution is 0.191. The number of anilines is 2. The summed E-state index contributed by atoms with van der Waals surface area (Å²) in [7, 11) is 0. The summed E-state index contributed by atoms with van der Waals surface area (Å²) in [6.07, 6.45) is 6.97. The maximum atomic E-state index is 10.00. The summed E-state index contributed by atoms with van der Waals surface area (Å²) < 4.78 is 6.32. The van der Waals surface area contributed by atoms with Crippen LogP contribution in [0.3, 0.4) is 0 Å². The average Bonchev–Trinajstić information content (AvgIpc) is 3.53. The lowest BCUT2D eigenvalue weighted by Crippen LogP contribution is -2.29. The molecule has 0 unspecified atom stereocenters. The van der Waals surface area contributed by atoms with Crippen molar-refractivity contribution in [2.45, 2.75) is 59.2 Å². The molecule has 0 bridgehead atoms. The van der Waals surface area contributed by atoms with Crippen molar-refractivity contribution in [1.29, 1.82) is 5.26 Å². The summed E-state index contributed by atoms with van der Waals surface area (Å²) in [4.78, 5) is 16.7. The molecular formula is C40H41N7O2. The lowest BCUT2D eigenvalue weighted by Gasteiger charge is -2.26. The maximum Gasteiger partial charge on any atom is 0.227 e. The molecule has 7 rings (SSSR count). The van der Waals surface area contributed by atoms with Crippen molar-refractivity contribution in [2.24, 2.45) is 0 Å². The number of nitriles is 1. The van der Waals surface area contributed by atoms with E-state index in [1.807, 2.05) is 36.5 Å². The van der Waals surface area contributed by atoms with Gasteiger partial charge in [0, 0.05) is 48.7 Å². The first-order chi connectivity index (χ1) is 23.9. The predicted octanol–water partition coefficient (Wildman–Crippen LogP) is 7.79. The first-order valence-electron chi connectivity index (χ1n) is 17.0. The quantitative estimate of drug-likeness (QED) is 0.136. The van der Waals surface area contributed by atoms with E-state index in [4.69, 9.17) is 14.4 Å². The minimum absolute atomic E-state index is 0.402. The van der Waals surface area contributed by atoms with Crippen molar-refractivity contribution >= 4 is 33.5 Å². The van der Waals surface area contributed by atoms with E-state index in [1.165, 1.54) is 19.3 Å². The van der Waals surface area contributed by atoms with E-state index in [0.29, 0.717) is 41.5 Å². The van der Waals surface area contributed by atoms with Crippen molar-refractivity contribution in [1.82, 2.24) is 25.2 Å². The Morgan fingerprint density at radius 3 is 2.51 bits per heavy atom. The number of pyridine rings is 2. The molecule has 6 aromatic rings. The second-order valence-electron chi connectivity index (χ2n) is 13.1. The molecule has 0 aliphatic carbocycles. The van der Waals surface area contributed by atoms with Crippen LogP contribution in [0.25, 0.3) is 44.6 Å². The SMILES string of the molecule is Cc1c(Nc2nccc3cc(CNC[C@@H](C)O)cnc23)cccc1-c1cccc(-c2nc3cc(CN4CCCCC4)cc(C#N)c3o2)c1C. The van der Waals surface area contributed by atoms with Crippen LogP contribution >= 0.6 is 0 Å². The third-order valence-corrected chi connectivity index (χ3v) is 9.39. The molecule has 4 heterocycles. The van der Waals surface area contributed by atoms with Crippen LogP contribution in [0.5, 0.6) is 0 Å². The van der Waals surface area contributed by atoms with Gasteiger partial charge in [-0.1, -0.05) is 30.7 Å². The first-order valence-corrected chi connectivity index (χ1v) is 17.0. The second-order valence-corrected chi connectivity index (χ2v) is 13.1. The van der Waals surface area contributed by atoms with Gasteiger partial charge in [0.25, 0.3) is 0 Å². The molecule has 0 amide bonds. The number of nitrogens with zero attached hydrogens (tertiary/aromatic N) is 5. The maximum absolute atomic E-state index is 10.00. The van der Waals surface area contributed by atoms with E-state index in [-0.39, 0.29) is 0 Å². The van der Waals surface area contributed by atoms with Gasteiger partial charge in [0.05, 0.1) is 11.7 Å². The van der Waals surface area contributed by atoms with E-state index in [9.17, 15) is 10.4 Å². The Labute approximate surface area is 286 Å².